The van der Waals surface area contributed by atoms with Gasteiger partial charge in [-0.15, -0.1) is 0 Å². The molecule has 19 heavy (non-hydrogen) atoms. The molecular weight excluding hydrogens is 243 g/mol. The monoisotopic (exact) mass is 266 g/mol. The van der Waals surface area contributed by atoms with E-state index in [0.29, 0.717) is 6.54 Å². The van der Waals surface area contributed by atoms with Crippen molar-refractivity contribution in [1.82, 2.24) is 5.32 Å². The van der Waals surface area contributed by atoms with E-state index in [2.05, 4.69) is 23.2 Å². The summed E-state index contributed by atoms with van der Waals surface area (Å²) in [6, 6.07) is 5.25. The maximum absolute atomic E-state index is 13.7. The molecule has 1 aromatic rings. The summed E-state index contributed by atoms with van der Waals surface area (Å²) in [4.78, 5) is 2.19. The second-order valence-corrected chi connectivity index (χ2v) is 5.02. The molecule has 1 fully saturated rings. The Bertz CT molecular complexity index is 405. The lowest BCUT2D eigenvalue weighted by Gasteiger charge is -2.26. The van der Waals surface area contributed by atoms with E-state index in [1.54, 1.807) is 12.1 Å². The van der Waals surface area contributed by atoms with Crippen molar-refractivity contribution in [3.63, 3.8) is 0 Å². The van der Waals surface area contributed by atoms with Crippen LogP contribution in [0.4, 0.5) is 10.1 Å². The first-order chi connectivity index (χ1) is 9.22. The van der Waals surface area contributed by atoms with Gasteiger partial charge in [-0.1, -0.05) is 0 Å². The maximum atomic E-state index is 13.7. The summed E-state index contributed by atoms with van der Waals surface area (Å²) in [5, 5.41) is 3.06. The molecule has 106 valence electrons. The molecule has 1 aliphatic heterocycles. The zero-order valence-electron chi connectivity index (χ0n) is 11.8. The molecule has 0 spiro atoms. The second kappa shape index (κ2) is 6.87. The van der Waals surface area contributed by atoms with E-state index in [0.717, 1.165) is 43.8 Å². The summed E-state index contributed by atoms with van der Waals surface area (Å²) in [6.07, 6.45) is 2.53. The number of nitrogens with zero attached hydrogens (tertiary/aromatic N) is 1. The molecule has 0 bridgehead atoms. The van der Waals surface area contributed by atoms with Gasteiger partial charge < -0.3 is 15.0 Å². The summed E-state index contributed by atoms with van der Waals surface area (Å²) in [5.74, 6) is -0.173. The Hall–Kier alpha value is -1.13. The van der Waals surface area contributed by atoms with Crippen LogP contribution in [0.3, 0.4) is 0 Å². The number of benzene rings is 1. The van der Waals surface area contributed by atoms with Crippen LogP contribution >= 0.6 is 0 Å². The molecule has 0 saturated carbocycles. The van der Waals surface area contributed by atoms with Crippen LogP contribution in [0.5, 0.6) is 0 Å². The molecule has 1 aliphatic rings. The van der Waals surface area contributed by atoms with Gasteiger partial charge in [0.2, 0.25) is 0 Å². The van der Waals surface area contributed by atoms with Gasteiger partial charge in [-0.25, -0.2) is 4.39 Å². The summed E-state index contributed by atoms with van der Waals surface area (Å²) in [5.41, 5.74) is 1.92. The Morgan fingerprint density at radius 2 is 2.26 bits per heavy atom. The van der Waals surface area contributed by atoms with Crippen molar-refractivity contribution >= 4 is 5.69 Å². The van der Waals surface area contributed by atoms with Crippen molar-refractivity contribution < 1.29 is 9.13 Å². The van der Waals surface area contributed by atoms with Crippen molar-refractivity contribution in [1.29, 1.82) is 0 Å². The molecule has 1 atom stereocenters. The smallest absolute Gasteiger partial charge is 0.125 e. The van der Waals surface area contributed by atoms with Crippen LogP contribution < -0.4 is 10.2 Å². The van der Waals surface area contributed by atoms with Crippen molar-refractivity contribution in [3.05, 3.63) is 29.6 Å². The number of halogens is 1. The van der Waals surface area contributed by atoms with Crippen LogP contribution in [-0.4, -0.2) is 32.8 Å². The van der Waals surface area contributed by atoms with Crippen molar-refractivity contribution in [2.45, 2.75) is 32.4 Å². The first-order valence-corrected chi connectivity index (χ1v) is 7.03. The first kappa shape index (κ1) is 14.3. The standard InChI is InChI=1S/C15H23FN2O/c1-3-18(11-15-5-4-6-19-15)14-8-12(10-17-2)7-13(16)9-14/h7-9,15,17H,3-6,10-11H2,1-2H3. The van der Waals surface area contributed by atoms with Gasteiger partial charge in [0.25, 0.3) is 0 Å². The van der Waals surface area contributed by atoms with E-state index in [4.69, 9.17) is 4.74 Å². The highest BCUT2D eigenvalue weighted by molar-refractivity contribution is 5.49. The molecule has 1 aromatic carbocycles. The van der Waals surface area contributed by atoms with Crippen LogP contribution in [0.15, 0.2) is 18.2 Å². The average Bonchev–Trinajstić information content (AvgIpc) is 2.88. The molecule has 2 rings (SSSR count). The average molecular weight is 266 g/mol. The van der Waals surface area contributed by atoms with Crippen LogP contribution in [-0.2, 0) is 11.3 Å². The van der Waals surface area contributed by atoms with Gasteiger partial charge in [0.05, 0.1) is 6.10 Å². The van der Waals surface area contributed by atoms with Crippen molar-refractivity contribution in [2.75, 3.05) is 31.6 Å². The summed E-state index contributed by atoms with van der Waals surface area (Å²) >= 11 is 0. The highest BCUT2D eigenvalue weighted by Gasteiger charge is 2.19. The predicted molar refractivity (Wildman–Crippen MR) is 76.0 cm³/mol. The van der Waals surface area contributed by atoms with E-state index >= 15 is 0 Å². The van der Waals surface area contributed by atoms with Crippen molar-refractivity contribution in [3.8, 4) is 0 Å². The lowest BCUT2D eigenvalue weighted by molar-refractivity contribution is 0.115. The van der Waals surface area contributed by atoms with Gasteiger partial charge in [0.1, 0.15) is 5.82 Å². The minimum absolute atomic E-state index is 0.173. The van der Waals surface area contributed by atoms with Crippen LogP contribution in [0.1, 0.15) is 25.3 Å². The number of likely N-dealkylation sites (N-methyl/N-ethyl adjacent to an activating group) is 1. The third-order valence-corrected chi connectivity index (χ3v) is 3.52. The molecule has 3 nitrogen and oxygen atoms in total. The molecule has 0 aromatic heterocycles. The first-order valence-electron chi connectivity index (χ1n) is 7.03. The molecule has 0 aliphatic carbocycles. The molecule has 0 amide bonds. The molecule has 1 heterocycles. The van der Waals surface area contributed by atoms with E-state index in [9.17, 15) is 4.39 Å². The number of rotatable bonds is 6. The quantitative estimate of drug-likeness (QED) is 0.856. The van der Waals surface area contributed by atoms with Gasteiger partial charge in [0.15, 0.2) is 0 Å². The Balaban J connectivity index is 2.11. The fourth-order valence-electron chi connectivity index (χ4n) is 2.57. The Morgan fingerprint density at radius 1 is 1.42 bits per heavy atom. The van der Waals surface area contributed by atoms with Crippen LogP contribution in [0.25, 0.3) is 0 Å². The molecule has 1 unspecified atom stereocenters. The summed E-state index contributed by atoms with van der Waals surface area (Å²) in [6.45, 7) is 5.34. The SMILES string of the molecule is CCN(CC1CCCO1)c1cc(F)cc(CNC)c1. The normalized spacial score (nSPS) is 18.8. The van der Waals surface area contributed by atoms with E-state index in [1.807, 2.05) is 7.05 Å². The minimum Gasteiger partial charge on any atom is -0.376 e. The van der Waals surface area contributed by atoms with Crippen molar-refractivity contribution in [2.24, 2.45) is 0 Å². The minimum atomic E-state index is -0.173. The van der Waals surface area contributed by atoms with Gasteiger partial charge in [-0.3, -0.25) is 0 Å². The largest absolute Gasteiger partial charge is 0.376 e. The Morgan fingerprint density at radius 3 is 2.89 bits per heavy atom. The predicted octanol–water partition coefficient (Wildman–Crippen LogP) is 2.55. The molecule has 0 radical (unpaired) electrons. The van der Waals surface area contributed by atoms with Crippen LogP contribution in [0, 0.1) is 5.82 Å². The van der Waals surface area contributed by atoms with E-state index in [-0.39, 0.29) is 11.9 Å². The lowest BCUT2D eigenvalue weighted by atomic mass is 10.1. The fraction of sp³-hybridized carbons (Fsp3) is 0.600. The molecule has 1 saturated heterocycles. The Labute approximate surface area is 114 Å². The zero-order valence-corrected chi connectivity index (χ0v) is 11.8. The highest BCUT2D eigenvalue weighted by Crippen LogP contribution is 2.21. The number of hydrogen-bond acceptors (Lipinski definition) is 3. The number of anilines is 1. The second-order valence-electron chi connectivity index (χ2n) is 5.02. The van der Waals surface area contributed by atoms with Gasteiger partial charge in [0, 0.05) is 31.9 Å². The highest BCUT2D eigenvalue weighted by atomic mass is 19.1. The fourth-order valence-corrected chi connectivity index (χ4v) is 2.57. The molecule has 4 heteroatoms. The Kier molecular flexibility index (Phi) is 5.16. The summed E-state index contributed by atoms with van der Waals surface area (Å²) in [7, 11) is 1.87. The zero-order chi connectivity index (χ0) is 13.7. The molecule has 1 N–H and O–H groups in total. The van der Waals surface area contributed by atoms with Gasteiger partial charge in [-0.05, 0) is 50.6 Å². The number of ether oxygens (including phenoxy) is 1. The van der Waals surface area contributed by atoms with Crippen LogP contribution in [0.2, 0.25) is 0 Å². The third-order valence-electron chi connectivity index (χ3n) is 3.52. The lowest BCUT2D eigenvalue weighted by Crippen LogP contribution is -2.32. The molecular formula is C15H23FN2O. The van der Waals surface area contributed by atoms with Gasteiger partial charge in [-0.2, -0.15) is 0 Å². The van der Waals surface area contributed by atoms with E-state index in [1.165, 1.54) is 0 Å². The van der Waals surface area contributed by atoms with Gasteiger partial charge >= 0.3 is 0 Å². The third kappa shape index (κ3) is 3.91. The topological polar surface area (TPSA) is 24.5 Å². The summed E-state index contributed by atoms with van der Waals surface area (Å²) < 4.78 is 19.3. The number of hydrogen-bond donors (Lipinski definition) is 1. The number of nitrogens with one attached hydrogen (secondary N) is 1. The maximum Gasteiger partial charge on any atom is 0.125 e. The van der Waals surface area contributed by atoms with E-state index < -0.39 is 0 Å².